The maximum absolute atomic E-state index is 12.1. The van der Waals surface area contributed by atoms with Gasteiger partial charge >= 0.3 is 0 Å². The number of allylic oxidation sites excluding steroid dienone is 2. The fraction of sp³-hybridized carbons (Fsp3) is 0.957. The molecule has 3 aliphatic heterocycles. The molecule has 3 saturated heterocycles. The topological polar surface area (TPSA) is 298 Å². The number of aliphatic hydroxyl groups is 12. The lowest BCUT2D eigenvalue weighted by Crippen LogP contribution is -2.68. The normalized spacial score (nSPS) is 55.2. The lowest BCUT2D eigenvalue weighted by Gasteiger charge is -2.72. The first-order valence-corrected chi connectivity index (χ1v) is 23.9. The zero-order valence-electron chi connectivity index (χ0n) is 38.9. The van der Waals surface area contributed by atoms with Crippen LogP contribution in [-0.4, -0.2) is 192 Å². The van der Waals surface area contributed by atoms with Crippen LogP contribution in [-0.2, 0) is 28.4 Å². The highest BCUT2D eigenvalue weighted by Gasteiger charge is 2.71. The zero-order chi connectivity index (χ0) is 47.6. The van der Waals surface area contributed by atoms with Gasteiger partial charge in [0.15, 0.2) is 18.9 Å². The van der Waals surface area contributed by atoms with Crippen LogP contribution < -0.4 is 0 Å². The third-order valence-electron chi connectivity index (χ3n) is 19.2. The molecule has 18 heteroatoms. The van der Waals surface area contributed by atoms with Crippen molar-refractivity contribution in [3.8, 4) is 0 Å². The highest BCUT2D eigenvalue weighted by Crippen LogP contribution is 2.76. The van der Waals surface area contributed by atoms with E-state index in [9.17, 15) is 61.3 Å². The van der Waals surface area contributed by atoms with Crippen LogP contribution in [0.4, 0.5) is 0 Å². The van der Waals surface area contributed by atoms with Crippen LogP contribution in [0.3, 0.4) is 0 Å². The Kier molecular flexibility index (Phi) is 13.7. The van der Waals surface area contributed by atoms with E-state index in [2.05, 4.69) is 54.5 Å². The van der Waals surface area contributed by atoms with E-state index in [1.165, 1.54) is 5.57 Å². The molecule has 374 valence electrons. The van der Waals surface area contributed by atoms with Crippen molar-refractivity contribution in [3.05, 3.63) is 11.6 Å². The van der Waals surface area contributed by atoms with Gasteiger partial charge in [-0.3, -0.25) is 0 Å². The summed E-state index contributed by atoms with van der Waals surface area (Å²) in [6.45, 7) is 14.2. The van der Waals surface area contributed by atoms with Crippen LogP contribution in [0, 0.1) is 50.2 Å². The second-order valence-corrected chi connectivity index (χ2v) is 23.3. The molecule has 24 unspecified atom stereocenters. The summed E-state index contributed by atoms with van der Waals surface area (Å²) in [4.78, 5) is 0. The van der Waals surface area contributed by atoms with Gasteiger partial charge in [-0.15, -0.1) is 0 Å². The molecule has 0 radical (unpaired) electrons. The molecule has 0 spiro atoms. The van der Waals surface area contributed by atoms with Gasteiger partial charge in [0.25, 0.3) is 0 Å². The molecule has 8 aliphatic rings. The van der Waals surface area contributed by atoms with E-state index in [1.54, 1.807) is 0 Å². The van der Waals surface area contributed by atoms with E-state index in [-0.39, 0.29) is 52.6 Å². The SMILES string of the molecule is CC1(C)CC2C3=CCC4C5(C)CCC(OC6OC(COC7OC(COC8OCC(O)C(O)C8O)C(O)C(O)C7O)C(O)C(O)C6O)C(C)(C)C5CCC4(C)C3(C)CC(O)C2(CO)CC1O. The number of fused-ring (bicyclic) bond motifs is 7. The predicted octanol–water partition coefficient (Wildman–Crippen LogP) is -0.805. The fourth-order valence-corrected chi connectivity index (χ4v) is 14.8. The number of hydrogen-bond acceptors (Lipinski definition) is 18. The molecule has 5 aliphatic carbocycles. The Morgan fingerprint density at radius 3 is 1.83 bits per heavy atom. The monoisotopic (exact) mass is 931 g/mol. The van der Waals surface area contributed by atoms with Gasteiger partial charge in [0.1, 0.15) is 67.1 Å². The van der Waals surface area contributed by atoms with E-state index in [0.29, 0.717) is 25.7 Å². The minimum atomic E-state index is -1.78. The maximum atomic E-state index is 12.1. The molecular formula is C47H78O18. The van der Waals surface area contributed by atoms with Gasteiger partial charge in [0, 0.05) is 5.41 Å². The van der Waals surface area contributed by atoms with E-state index < -0.39 is 128 Å². The Balaban J connectivity index is 0.940. The fourth-order valence-electron chi connectivity index (χ4n) is 14.8. The quantitative estimate of drug-likeness (QED) is 0.0995. The smallest absolute Gasteiger partial charge is 0.186 e. The molecule has 0 aromatic carbocycles. The lowest BCUT2D eigenvalue weighted by atomic mass is 9.33. The van der Waals surface area contributed by atoms with Gasteiger partial charge in [0.05, 0.1) is 44.7 Å². The largest absolute Gasteiger partial charge is 0.396 e. The summed E-state index contributed by atoms with van der Waals surface area (Å²) in [6.07, 6.45) is -15.4. The molecule has 4 saturated carbocycles. The van der Waals surface area contributed by atoms with Gasteiger partial charge in [-0.05, 0) is 96.2 Å². The highest BCUT2D eigenvalue weighted by atomic mass is 16.7. The molecule has 7 fully saturated rings. The van der Waals surface area contributed by atoms with Crippen LogP contribution in [0.5, 0.6) is 0 Å². The number of hydrogen-bond donors (Lipinski definition) is 12. The molecule has 0 amide bonds. The Hall–Kier alpha value is -0.980. The number of aliphatic hydroxyl groups excluding tert-OH is 12. The summed E-state index contributed by atoms with van der Waals surface area (Å²) in [7, 11) is 0. The Morgan fingerprint density at radius 2 is 1.20 bits per heavy atom. The first kappa shape index (κ1) is 50.4. The summed E-state index contributed by atoms with van der Waals surface area (Å²) in [5.74, 6) is 0.407. The first-order chi connectivity index (χ1) is 30.3. The highest BCUT2D eigenvalue weighted by molar-refractivity contribution is 5.35. The van der Waals surface area contributed by atoms with Crippen molar-refractivity contribution in [3.63, 3.8) is 0 Å². The Morgan fingerprint density at radius 1 is 0.615 bits per heavy atom. The van der Waals surface area contributed by atoms with Crippen molar-refractivity contribution in [1.29, 1.82) is 0 Å². The van der Waals surface area contributed by atoms with E-state index in [1.807, 2.05) is 0 Å². The Labute approximate surface area is 381 Å². The van der Waals surface area contributed by atoms with E-state index in [4.69, 9.17) is 28.4 Å². The zero-order valence-corrected chi connectivity index (χ0v) is 38.9. The molecule has 65 heavy (non-hydrogen) atoms. The maximum Gasteiger partial charge on any atom is 0.186 e. The van der Waals surface area contributed by atoms with E-state index in [0.717, 1.165) is 25.7 Å². The first-order valence-electron chi connectivity index (χ1n) is 23.9. The summed E-state index contributed by atoms with van der Waals surface area (Å²) in [5, 5.41) is 130. The van der Waals surface area contributed by atoms with Crippen molar-refractivity contribution in [2.24, 2.45) is 50.2 Å². The third kappa shape index (κ3) is 7.93. The molecule has 0 aromatic rings. The Bertz CT molecular complexity index is 1730. The van der Waals surface area contributed by atoms with Crippen LogP contribution in [0.15, 0.2) is 11.6 Å². The van der Waals surface area contributed by atoms with Gasteiger partial charge in [0.2, 0.25) is 0 Å². The minimum Gasteiger partial charge on any atom is -0.396 e. The summed E-state index contributed by atoms with van der Waals surface area (Å²) in [5.41, 5.74) is -0.881. The number of ether oxygens (including phenoxy) is 6. The molecular weight excluding hydrogens is 852 g/mol. The lowest BCUT2D eigenvalue weighted by molar-refractivity contribution is -0.348. The van der Waals surface area contributed by atoms with Crippen LogP contribution in [0.25, 0.3) is 0 Å². The van der Waals surface area contributed by atoms with Gasteiger partial charge in [-0.2, -0.15) is 0 Å². The predicted molar refractivity (Wildman–Crippen MR) is 227 cm³/mol. The van der Waals surface area contributed by atoms with Crippen molar-refractivity contribution in [2.75, 3.05) is 26.4 Å². The van der Waals surface area contributed by atoms with Crippen LogP contribution in [0.1, 0.15) is 99.8 Å². The molecule has 24 atom stereocenters. The molecule has 18 nitrogen and oxygen atoms in total. The molecule has 3 heterocycles. The van der Waals surface area contributed by atoms with Crippen LogP contribution in [0.2, 0.25) is 0 Å². The summed E-state index contributed by atoms with van der Waals surface area (Å²) in [6, 6.07) is 0. The van der Waals surface area contributed by atoms with Crippen molar-refractivity contribution < 1.29 is 89.7 Å². The second-order valence-electron chi connectivity index (χ2n) is 23.3. The molecule has 0 aromatic heterocycles. The average molecular weight is 931 g/mol. The van der Waals surface area contributed by atoms with Crippen LogP contribution >= 0.6 is 0 Å². The second kappa shape index (κ2) is 17.7. The van der Waals surface area contributed by atoms with Crippen molar-refractivity contribution in [2.45, 2.75) is 204 Å². The van der Waals surface area contributed by atoms with Gasteiger partial charge in [-0.1, -0.05) is 60.1 Å². The van der Waals surface area contributed by atoms with Crippen molar-refractivity contribution >= 4 is 0 Å². The average Bonchev–Trinajstić information content (AvgIpc) is 3.24. The molecule has 12 N–H and O–H groups in total. The summed E-state index contributed by atoms with van der Waals surface area (Å²) < 4.78 is 35.0. The third-order valence-corrected chi connectivity index (χ3v) is 19.2. The van der Waals surface area contributed by atoms with Gasteiger partial charge < -0.3 is 89.7 Å². The van der Waals surface area contributed by atoms with Crippen molar-refractivity contribution in [1.82, 2.24) is 0 Å². The number of rotatable bonds is 9. The van der Waals surface area contributed by atoms with E-state index >= 15 is 0 Å². The van der Waals surface area contributed by atoms with Gasteiger partial charge in [-0.25, -0.2) is 0 Å². The molecule has 0 bridgehead atoms. The standard InChI is InChI=1S/C47H78O18/c1-42(2)14-22-21-8-9-27-44(5)12-11-30(43(3,4)26(44)10-13-45(27,6)46(21,7)15-29(51)47(22,20-48)16-28(42)50)65-41-38(59)35(56)33(54)25(64-41)19-62-40-37(58)34(55)32(53)24(63-40)18-61-39-36(57)31(52)23(49)17-60-39/h8,22-41,48-59H,9-20H2,1-7H3. The molecule has 8 rings (SSSR count). The minimum absolute atomic E-state index is 0.0454. The summed E-state index contributed by atoms with van der Waals surface area (Å²) >= 11 is 0.